The number of phenols is 1. The normalized spacial score (nSPS) is 10.9. The van der Waals surface area contributed by atoms with Crippen LogP contribution < -0.4 is 5.43 Å². The van der Waals surface area contributed by atoms with E-state index in [2.05, 4.69) is 20.7 Å². The topological polar surface area (TPSA) is 136 Å². The van der Waals surface area contributed by atoms with Crippen LogP contribution in [0, 0.1) is 10.1 Å². The van der Waals surface area contributed by atoms with Gasteiger partial charge in [-0.2, -0.15) is 5.10 Å². The zero-order valence-electron chi connectivity index (χ0n) is 15.2. The number of amides is 1. The standard InChI is InChI=1S/C18H16N6O4S/c1-23-17(12-5-3-2-4-6-12)21-22-18(23)29-11-16(26)20-19-10-13-9-14(24(27)28)7-8-15(13)25/h2-10,25H,11H2,1H3,(H,20,26)/b19-10-. The minimum absolute atomic E-state index is 0.0407. The number of aromatic hydroxyl groups is 1. The van der Waals surface area contributed by atoms with Crippen LogP contribution in [0.2, 0.25) is 0 Å². The number of phenolic OH excluding ortho intramolecular Hbond substituents is 1. The molecule has 0 saturated carbocycles. The molecule has 29 heavy (non-hydrogen) atoms. The van der Waals surface area contributed by atoms with E-state index in [9.17, 15) is 20.0 Å². The summed E-state index contributed by atoms with van der Waals surface area (Å²) in [4.78, 5) is 22.2. The summed E-state index contributed by atoms with van der Waals surface area (Å²) in [5.41, 5.74) is 3.15. The van der Waals surface area contributed by atoms with Crippen molar-refractivity contribution in [2.45, 2.75) is 5.16 Å². The molecule has 0 spiro atoms. The highest BCUT2D eigenvalue weighted by molar-refractivity contribution is 7.99. The van der Waals surface area contributed by atoms with Crippen LogP contribution in [0.1, 0.15) is 5.56 Å². The van der Waals surface area contributed by atoms with Crippen LogP contribution in [0.15, 0.2) is 58.8 Å². The van der Waals surface area contributed by atoms with Crippen LogP contribution >= 0.6 is 11.8 Å². The van der Waals surface area contributed by atoms with Crippen molar-refractivity contribution < 1.29 is 14.8 Å². The number of carbonyl (C=O) groups excluding carboxylic acids is 1. The molecule has 1 heterocycles. The Kier molecular flexibility index (Phi) is 6.19. The van der Waals surface area contributed by atoms with Gasteiger partial charge in [-0.1, -0.05) is 42.1 Å². The van der Waals surface area contributed by atoms with E-state index >= 15 is 0 Å². The number of nitro groups is 1. The maximum Gasteiger partial charge on any atom is 0.270 e. The number of thioether (sulfide) groups is 1. The largest absolute Gasteiger partial charge is 0.507 e. The van der Waals surface area contributed by atoms with Gasteiger partial charge in [-0.25, -0.2) is 5.43 Å². The summed E-state index contributed by atoms with van der Waals surface area (Å²) in [5.74, 6) is 0.141. The van der Waals surface area contributed by atoms with Crippen molar-refractivity contribution in [2.24, 2.45) is 12.1 Å². The van der Waals surface area contributed by atoms with Crippen molar-refractivity contribution in [1.82, 2.24) is 20.2 Å². The second-order valence-corrected chi connectivity index (χ2v) is 6.76. The highest BCUT2D eigenvalue weighted by Gasteiger charge is 2.13. The van der Waals surface area contributed by atoms with Crippen LogP contribution in [0.3, 0.4) is 0 Å². The summed E-state index contributed by atoms with van der Waals surface area (Å²) in [6.45, 7) is 0. The Hall–Kier alpha value is -3.73. The molecule has 0 aliphatic carbocycles. The van der Waals surface area contributed by atoms with Gasteiger partial charge in [-0.3, -0.25) is 14.9 Å². The molecule has 1 amide bonds. The second kappa shape index (κ2) is 8.97. The molecule has 2 N–H and O–H groups in total. The Labute approximate surface area is 169 Å². The number of hydrogen-bond donors (Lipinski definition) is 2. The third kappa shape index (κ3) is 4.96. The average molecular weight is 412 g/mol. The quantitative estimate of drug-likeness (QED) is 0.263. The molecule has 2 aromatic carbocycles. The third-order valence-electron chi connectivity index (χ3n) is 3.81. The molecule has 11 heteroatoms. The van der Waals surface area contributed by atoms with Gasteiger partial charge in [0.05, 0.1) is 16.9 Å². The lowest BCUT2D eigenvalue weighted by Gasteiger charge is -2.03. The lowest BCUT2D eigenvalue weighted by molar-refractivity contribution is -0.384. The number of non-ortho nitro benzene ring substituents is 1. The molecule has 3 aromatic rings. The zero-order chi connectivity index (χ0) is 20.8. The lowest BCUT2D eigenvalue weighted by atomic mass is 10.2. The summed E-state index contributed by atoms with van der Waals surface area (Å²) < 4.78 is 1.79. The maximum absolute atomic E-state index is 12.0. The van der Waals surface area contributed by atoms with E-state index in [4.69, 9.17) is 0 Å². The number of benzene rings is 2. The van der Waals surface area contributed by atoms with Gasteiger partial charge in [0, 0.05) is 30.3 Å². The van der Waals surface area contributed by atoms with Gasteiger partial charge in [-0.05, 0) is 6.07 Å². The molecule has 0 bridgehead atoms. The summed E-state index contributed by atoms with van der Waals surface area (Å²) in [6, 6.07) is 13.1. The number of aromatic nitrogens is 3. The third-order valence-corrected chi connectivity index (χ3v) is 4.83. The van der Waals surface area contributed by atoms with Crippen LogP contribution in [0.5, 0.6) is 5.75 Å². The van der Waals surface area contributed by atoms with Gasteiger partial charge in [0.15, 0.2) is 11.0 Å². The van der Waals surface area contributed by atoms with Crippen LogP contribution in [-0.4, -0.2) is 42.7 Å². The van der Waals surface area contributed by atoms with Crippen molar-refractivity contribution in [2.75, 3.05) is 5.75 Å². The van der Waals surface area contributed by atoms with E-state index in [1.54, 1.807) is 4.57 Å². The fourth-order valence-electron chi connectivity index (χ4n) is 2.37. The van der Waals surface area contributed by atoms with E-state index in [-0.39, 0.29) is 22.8 Å². The number of nitro benzene ring substituents is 1. The molecule has 0 aliphatic heterocycles. The van der Waals surface area contributed by atoms with Crippen LogP contribution in [0.4, 0.5) is 5.69 Å². The Morgan fingerprint density at radius 2 is 2.07 bits per heavy atom. The van der Waals surface area contributed by atoms with E-state index in [0.717, 1.165) is 17.8 Å². The molecule has 0 radical (unpaired) electrons. The molecular weight excluding hydrogens is 396 g/mol. The number of rotatable bonds is 7. The molecule has 10 nitrogen and oxygen atoms in total. The molecule has 0 unspecified atom stereocenters. The molecule has 0 atom stereocenters. The van der Waals surface area contributed by atoms with E-state index in [0.29, 0.717) is 11.0 Å². The fraction of sp³-hybridized carbons (Fsp3) is 0.111. The maximum atomic E-state index is 12.0. The van der Waals surface area contributed by atoms with Gasteiger partial charge in [0.2, 0.25) is 0 Å². The fourth-order valence-corrected chi connectivity index (χ4v) is 3.08. The highest BCUT2D eigenvalue weighted by Crippen LogP contribution is 2.22. The summed E-state index contributed by atoms with van der Waals surface area (Å²) in [6.07, 6.45) is 1.14. The van der Waals surface area contributed by atoms with Crippen molar-refractivity contribution in [1.29, 1.82) is 0 Å². The molecular formula is C18H16N6O4S. The summed E-state index contributed by atoms with van der Waals surface area (Å²) in [5, 5.41) is 33.0. The van der Waals surface area contributed by atoms with Gasteiger partial charge in [0.25, 0.3) is 11.6 Å². The average Bonchev–Trinajstić information content (AvgIpc) is 3.08. The molecule has 148 valence electrons. The number of nitrogens with zero attached hydrogens (tertiary/aromatic N) is 5. The second-order valence-electron chi connectivity index (χ2n) is 5.81. The first-order valence-corrected chi connectivity index (χ1v) is 9.31. The molecule has 1 aromatic heterocycles. The predicted molar refractivity (Wildman–Crippen MR) is 108 cm³/mol. The van der Waals surface area contributed by atoms with Gasteiger partial charge in [-0.15, -0.1) is 10.2 Å². The first kappa shape index (κ1) is 20.0. The number of hydrogen-bond acceptors (Lipinski definition) is 8. The van der Waals surface area contributed by atoms with E-state index in [1.807, 2.05) is 37.4 Å². The Bertz CT molecular complexity index is 1070. The summed E-state index contributed by atoms with van der Waals surface area (Å²) >= 11 is 1.19. The smallest absolute Gasteiger partial charge is 0.270 e. The summed E-state index contributed by atoms with van der Waals surface area (Å²) in [7, 11) is 1.81. The van der Waals surface area contributed by atoms with Crippen LogP contribution in [-0.2, 0) is 11.8 Å². The van der Waals surface area contributed by atoms with Crippen molar-refractivity contribution >= 4 is 29.6 Å². The first-order chi connectivity index (χ1) is 14.0. The van der Waals surface area contributed by atoms with Crippen LogP contribution in [0.25, 0.3) is 11.4 Å². The minimum atomic E-state index is -0.587. The monoisotopic (exact) mass is 412 g/mol. The number of nitrogens with one attached hydrogen (secondary N) is 1. The van der Waals surface area contributed by atoms with E-state index in [1.165, 1.54) is 23.9 Å². The first-order valence-electron chi connectivity index (χ1n) is 8.32. The minimum Gasteiger partial charge on any atom is -0.507 e. The van der Waals surface area contributed by atoms with E-state index < -0.39 is 10.8 Å². The Morgan fingerprint density at radius 1 is 1.31 bits per heavy atom. The Balaban J connectivity index is 1.57. The van der Waals surface area contributed by atoms with Gasteiger partial charge < -0.3 is 9.67 Å². The molecule has 0 saturated heterocycles. The van der Waals surface area contributed by atoms with Crippen molar-refractivity contribution in [3.05, 3.63) is 64.2 Å². The molecule has 0 aliphatic rings. The molecule has 0 fully saturated rings. The zero-order valence-corrected chi connectivity index (χ0v) is 16.0. The Morgan fingerprint density at radius 3 is 2.79 bits per heavy atom. The predicted octanol–water partition coefficient (Wildman–Crippen LogP) is 2.34. The van der Waals surface area contributed by atoms with Crippen molar-refractivity contribution in [3.63, 3.8) is 0 Å². The SMILES string of the molecule is Cn1c(SCC(=O)N/N=C\c2cc([N+](=O)[O-])ccc2O)nnc1-c1ccccc1. The van der Waals surface area contributed by atoms with Gasteiger partial charge >= 0.3 is 0 Å². The lowest BCUT2D eigenvalue weighted by Crippen LogP contribution is -2.19. The number of hydrazone groups is 1. The number of carbonyl (C=O) groups is 1. The van der Waals surface area contributed by atoms with Gasteiger partial charge in [0.1, 0.15) is 5.75 Å². The van der Waals surface area contributed by atoms with Crippen molar-refractivity contribution in [3.8, 4) is 17.1 Å². The highest BCUT2D eigenvalue weighted by atomic mass is 32.2. The molecule has 3 rings (SSSR count).